The van der Waals surface area contributed by atoms with Crippen LogP contribution in [0.2, 0.25) is 0 Å². The van der Waals surface area contributed by atoms with Crippen molar-refractivity contribution < 1.29 is 18.8 Å². The Labute approximate surface area is 168 Å². The number of aliphatic hydroxyl groups excluding tert-OH is 1. The highest BCUT2D eigenvalue weighted by molar-refractivity contribution is 7.91. The molecule has 29 heavy (non-hydrogen) atoms. The fourth-order valence-corrected chi connectivity index (χ4v) is 5.60. The molecule has 2 aliphatic carbocycles. The lowest BCUT2D eigenvalue weighted by atomic mass is 9.75. The largest absolute Gasteiger partial charge is 0.475 e. The van der Waals surface area contributed by atoms with Crippen LogP contribution in [-0.4, -0.2) is 38.3 Å². The van der Waals surface area contributed by atoms with Crippen LogP contribution >= 0.6 is 0 Å². The number of rotatable bonds is 3. The average Bonchev–Trinajstić information content (AvgIpc) is 3.35. The molecule has 2 aromatic rings. The lowest BCUT2D eigenvalue weighted by Crippen LogP contribution is -2.23. The third kappa shape index (κ3) is 2.85. The maximum atomic E-state index is 13.0. The van der Waals surface area contributed by atoms with Crippen molar-refractivity contribution in [3.63, 3.8) is 0 Å². The van der Waals surface area contributed by atoms with Gasteiger partial charge >= 0.3 is 6.03 Å². The number of anilines is 1. The molecule has 0 bridgehead atoms. The number of aromatic nitrogens is 2. The molecule has 1 aromatic carbocycles. The van der Waals surface area contributed by atoms with Crippen LogP contribution < -0.4 is 15.2 Å². The molecule has 2 amide bonds. The minimum atomic E-state index is -3.55. The number of aliphatic hydroxyl groups is 1. The second-order valence-electron chi connectivity index (χ2n) is 7.92. The van der Waals surface area contributed by atoms with E-state index in [0.717, 1.165) is 42.5 Å². The number of carbonyl (C=O) groups excluding carboxylic acids is 1. The van der Waals surface area contributed by atoms with E-state index in [1.54, 1.807) is 0 Å². The Kier molecular flexibility index (Phi) is 4.19. The van der Waals surface area contributed by atoms with E-state index < -0.39 is 15.9 Å². The van der Waals surface area contributed by atoms with Crippen molar-refractivity contribution in [3.8, 4) is 5.88 Å². The number of urea groups is 1. The molecule has 1 aliphatic heterocycles. The molecule has 1 aromatic heterocycles. The van der Waals surface area contributed by atoms with Crippen molar-refractivity contribution in [1.29, 1.82) is 0 Å². The molecular weight excluding hydrogens is 394 g/mol. The first kappa shape index (κ1) is 18.6. The van der Waals surface area contributed by atoms with Crippen LogP contribution in [0.3, 0.4) is 0 Å². The van der Waals surface area contributed by atoms with Gasteiger partial charge in [-0.25, -0.2) is 18.8 Å². The summed E-state index contributed by atoms with van der Waals surface area (Å²) >= 11 is 0. The first-order valence-corrected chi connectivity index (χ1v) is 11.3. The molecule has 0 saturated heterocycles. The third-order valence-corrected chi connectivity index (χ3v) is 7.35. The number of hydrogen-bond donors (Lipinski definition) is 3. The maximum Gasteiger partial charge on any atom is 0.354 e. The second kappa shape index (κ2) is 6.54. The SMILES string of the molecule is C[C@H]1Cc2cc3c(c(NC(=O)N=S(N)(=O)c4cnn5c4OC[C@H]5CO)c21)CCC3. The Bertz CT molecular complexity index is 1140. The number of fused-ring (bicyclic) bond motifs is 3. The molecule has 1 unspecified atom stereocenters. The minimum absolute atomic E-state index is 0.0586. The highest BCUT2D eigenvalue weighted by Crippen LogP contribution is 2.45. The molecule has 4 N–H and O–H groups in total. The molecule has 2 heterocycles. The summed E-state index contributed by atoms with van der Waals surface area (Å²) in [6.45, 7) is 2.17. The molecule has 3 atom stereocenters. The van der Waals surface area contributed by atoms with Crippen LogP contribution in [0.15, 0.2) is 21.5 Å². The zero-order valence-corrected chi connectivity index (χ0v) is 16.9. The number of aryl methyl sites for hydroxylation is 1. The van der Waals surface area contributed by atoms with Crippen molar-refractivity contribution in [2.45, 2.75) is 49.5 Å². The van der Waals surface area contributed by atoms with Crippen LogP contribution in [0.5, 0.6) is 5.88 Å². The number of nitrogens with zero attached hydrogens (tertiary/aromatic N) is 3. The molecule has 10 heteroatoms. The van der Waals surface area contributed by atoms with E-state index in [1.807, 2.05) is 0 Å². The summed E-state index contributed by atoms with van der Waals surface area (Å²) in [4.78, 5) is 12.8. The van der Waals surface area contributed by atoms with E-state index in [4.69, 9.17) is 9.88 Å². The molecule has 0 spiro atoms. The fourth-order valence-electron chi connectivity index (χ4n) is 4.61. The van der Waals surface area contributed by atoms with Crippen LogP contribution in [0.25, 0.3) is 0 Å². The smallest absolute Gasteiger partial charge is 0.354 e. The minimum Gasteiger partial charge on any atom is -0.475 e. The molecule has 5 rings (SSSR count). The predicted octanol–water partition coefficient (Wildman–Crippen LogP) is 1.89. The zero-order valence-electron chi connectivity index (χ0n) is 16.1. The van der Waals surface area contributed by atoms with Crippen LogP contribution in [-0.2, 0) is 29.2 Å². The van der Waals surface area contributed by atoms with Crippen molar-refractivity contribution in [1.82, 2.24) is 9.78 Å². The first-order valence-electron chi connectivity index (χ1n) is 9.73. The lowest BCUT2D eigenvalue weighted by molar-refractivity contribution is 0.206. The fraction of sp³-hybridized carbons (Fsp3) is 0.474. The van der Waals surface area contributed by atoms with Gasteiger partial charge in [0.25, 0.3) is 0 Å². The standard InChI is InChI=1S/C19H23N5O4S/c1-10-5-12-6-11-3-2-4-14(11)17(16(10)12)22-19(26)23-29(20,27)15-7-21-24-13(8-25)9-28-18(15)24/h6-7,10,13,25H,2-5,8-9H2,1H3,(H3,20,22,23,26,27)/t10-,13+,29?/m0/s1. The van der Waals surface area contributed by atoms with Crippen LogP contribution in [0.1, 0.15) is 47.6 Å². The summed E-state index contributed by atoms with van der Waals surface area (Å²) < 4.78 is 23.7. The van der Waals surface area contributed by atoms with Crippen molar-refractivity contribution in [2.24, 2.45) is 9.50 Å². The normalized spacial score (nSPS) is 23.3. The number of nitrogens with two attached hydrogens (primary N) is 1. The highest BCUT2D eigenvalue weighted by Gasteiger charge is 2.33. The lowest BCUT2D eigenvalue weighted by Gasteiger charge is -2.31. The monoisotopic (exact) mass is 417 g/mol. The highest BCUT2D eigenvalue weighted by atomic mass is 32.2. The number of benzene rings is 1. The van der Waals surface area contributed by atoms with Crippen LogP contribution in [0, 0.1) is 0 Å². The van der Waals surface area contributed by atoms with Gasteiger partial charge in [-0.05, 0) is 53.9 Å². The van der Waals surface area contributed by atoms with Crippen molar-refractivity contribution in [3.05, 3.63) is 34.5 Å². The van der Waals surface area contributed by atoms with E-state index in [9.17, 15) is 14.1 Å². The van der Waals surface area contributed by atoms with Gasteiger partial charge < -0.3 is 15.2 Å². The third-order valence-electron chi connectivity index (χ3n) is 6.00. The second-order valence-corrected chi connectivity index (χ2v) is 9.68. The van der Waals surface area contributed by atoms with E-state index in [2.05, 4.69) is 27.8 Å². The predicted molar refractivity (Wildman–Crippen MR) is 106 cm³/mol. The Morgan fingerprint density at radius 1 is 1.48 bits per heavy atom. The topological polar surface area (TPSA) is 132 Å². The number of carbonyl (C=O) groups is 1. The average molecular weight is 417 g/mol. The quantitative estimate of drug-likeness (QED) is 0.702. The van der Waals surface area contributed by atoms with Crippen LogP contribution in [0.4, 0.5) is 10.5 Å². The zero-order chi connectivity index (χ0) is 20.3. The maximum absolute atomic E-state index is 13.0. The molecule has 0 saturated carbocycles. The summed E-state index contributed by atoms with van der Waals surface area (Å²) in [7, 11) is -3.55. The summed E-state index contributed by atoms with van der Waals surface area (Å²) in [6, 6.07) is 1.15. The Morgan fingerprint density at radius 3 is 3.07 bits per heavy atom. The van der Waals surface area contributed by atoms with Crippen molar-refractivity contribution >= 4 is 21.6 Å². The van der Waals surface area contributed by atoms with Gasteiger partial charge in [-0.2, -0.15) is 5.10 Å². The van der Waals surface area contributed by atoms with E-state index in [0.29, 0.717) is 5.92 Å². The molecule has 0 fully saturated rings. The summed E-state index contributed by atoms with van der Waals surface area (Å²) in [5, 5.41) is 22.2. The van der Waals surface area contributed by atoms with Gasteiger partial charge in [0.1, 0.15) is 17.5 Å². The number of hydrogen-bond acceptors (Lipinski definition) is 5. The molecular formula is C19H23N5O4S. The van der Waals surface area contributed by atoms with Gasteiger partial charge in [0.05, 0.1) is 12.8 Å². The van der Waals surface area contributed by atoms with Gasteiger partial charge in [0.2, 0.25) is 5.88 Å². The first-order chi connectivity index (χ1) is 13.9. The Morgan fingerprint density at radius 2 is 2.31 bits per heavy atom. The molecule has 3 aliphatic rings. The van der Waals surface area contributed by atoms with Gasteiger partial charge in [-0.15, -0.1) is 4.36 Å². The summed E-state index contributed by atoms with van der Waals surface area (Å²) in [6.07, 6.45) is 5.27. The van der Waals surface area contributed by atoms with E-state index in [-0.39, 0.29) is 30.0 Å². The van der Waals surface area contributed by atoms with Gasteiger partial charge in [-0.1, -0.05) is 13.0 Å². The van der Waals surface area contributed by atoms with E-state index >= 15 is 0 Å². The Hall–Kier alpha value is -2.43. The van der Waals surface area contributed by atoms with Crippen molar-refractivity contribution in [2.75, 3.05) is 18.5 Å². The molecule has 9 nitrogen and oxygen atoms in total. The van der Waals surface area contributed by atoms with E-state index in [1.165, 1.54) is 22.0 Å². The van der Waals surface area contributed by atoms with Gasteiger partial charge in [0.15, 0.2) is 9.92 Å². The Balaban J connectivity index is 1.48. The van der Waals surface area contributed by atoms with Gasteiger partial charge in [-0.3, -0.25) is 0 Å². The molecule has 0 radical (unpaired) electrons. The molecule has 154 valence electrons. The number of amides is 2. The summed E-state index contributed by atoms with van der Waals surface area (Å²) in [5.41, 5.74) is 5.66. The summed E-state index contributed by atoms with van der Waals surface area (Å²) in [5.74, 6) is 0.558. The number of nitrogens with one attached hydrogen (secondary N) is 1. The number of ether oxygens (including phenoxy) is 1. The van der Waals surface area contributed by atoms with Gasteiger partial charge in [0, 0.05) is 5.69 Å².